The van der Waals surface area contributed by atoms with Crippen LogP contribution in [-0.2, 0) is 9.59 Å². The summed E-state index contributed by atoms with van der Waals surface area (Å²) in [7, 11) is 0. The second-order valence-corrected chi connectivity index (χ2v) is 7.70. The zero-order valence-electron chi connectivity index (χ0n) is 16.5. The SMILES string of the molecule is CCN(CC)CCN1C(=O)C(O)=C(C(=O)CC(C)C)C1c1ccc(Cl)cc1. The molecule has 0 radical (unpaired) electrons. The molecule has 1 amide bonds. The number of aliphatic hydroxyl groups is 1. The first-order valence-corrected chi connectivity index (χ1v) is 9.92. The first-order valence-electron chi connectivity index (χ1n) is 9.55. The maximum Gasteiger partial charge on any atom is 0.290 e. The molecule has 6 heteroatoms. The summed E-state index contributed by atoms with van der Waals surface area (Å²) in [6.45, 7) is 10.9. The predicted octanol–water partition coefficient (Wildman–Crippen LogP) is 3.99. The average Bonchev–Trinajstić information content (AvgIpc) is 2.87. The molecule has 0 saturated carbocycles. The second kappa shape index (κ2) is 9.38. The number of nitrogens with zero attached hydrogens (tertiary/aromatic N) is 2. The molecule has 0 aliphatic carbocycles. The summed E-state index contributed by atoms with van der Waals surface area (Å²) >= 11 is 6.00. The van der Waals surface area contributed by atoms with Crippen LogP contribution >= 0.6 is 11.6 Å². The van der Waals surface area contributed by atoms with E-state index in [0.717, 1.165) is 18.7 Å². The Labute approximate surface area is 166 Å². The molecule has 1 aromatic carbocycles. The Hall–Kier alpha value is -1.85. The molecule has 1 heterocycles. The van der Waals surface area contributed by atoms with Crippen molar-refractivity contribution in [2.45, 2.75) is 40.2 Å². The number of hydrogen-bond donors (Lipinski definition) is 1. The minimum absolute atomic E-state index is 0.142. The van der Waals surface area contributed by atoms with E-state index >= 15 is 0 Å². The van der Waals surface area contributed by atoms with E-state index in [0.29, 0.717) is 24.5 Å². The van der Waals surface area contributed by atoms with E-state index < -0.39 is 17.7 Å². The largest absolute Gasteiger partial charge is 0.503 e. The zero-order valence-corrected chi connectivity index (χ0v) is 17.3. The van der Waals surface area contributed by atoms with Crippen molar-refractivity contribution in [2.75, 3.05) is 26.2 Å². The molecule has 0 bridgehead atoms. The van der Waals surface area contributed by atoms with Gasteiger partial charge in [-0.25, -0.2) is 0 Å². The van der Waals surface area contributed by atoms with E-state index in [-0.39, 0.29) is 17.3 Å². The number of amides is 1. The van der Waals surface area contributed by atoms with Gasteiger partial charge in [0.05, 0.1) is 11.6 Å². The third-order valence-corrected chi connectivity index (χ3v) is 5.19. The molecule has 1 N–H and O–H groups in total. The molecule has 0 spiro atoms. The van der Waals surface area contributed by atoms with Crippen molar-refractivity contribution in [3.05, 3.63) is 46.2 Å². The highest BCUT2D eigenvalue weighted by atomic mass is 35.5. The normalized spacial score (nSPS) is 17.5. The van der Waals surface area contributed by atoms with E-state index in [1.54, 1.807) is 17.0 Å². The Bertz CT molecular complexity index is 709. The van der Waals surface area contributed by atoms with Crippen molar-refractivity contribution in [3.63, 3.8) is 0 Å². The second-order valence-electron chi connectivity index (χ2n) is 7.26. The van der Waals surface area contributed by atoms with Gasteiger partial charge in [-0.15, -0.1) is 0 Å². The van der Waals surface area contributed by atoms with E-state index in [2.05, 4.69) is 18.7 Å². The van der Waals surface area contributed by atoms with Crippen LogP contribution in [0.25, 0.3) is 0 Å². The molecule has 5 nitrogen and oxygen atoms in total. The van der Waals surface area contributed by atoms with E-state index in [4.69, 9.17) is 11.6 Å². The molecule has 1 aliphatic rings. The maximum atomic E-state index is 12.8. The van der Waals surface area contributed by atoms with Crippen molar-refractivity contribution < 1.29 is 14.7 Å². The van der Waals surface area contributed by atoms with E-state index in [1.807, 2.05) is 26.0 Å². The Kier molecular flexibility index (Phi) is 7.45. The van der Waals surface area contributed by atoms with Gasteiger partial charge in [-0.1, -0.05) is 51.4 Å². The minimum atomic E-state index is -0.573. The number of rotatable bonds is 9. The quantitative estimate of drug-likeness (QED) is 0.690. The Morgan fingerprint density at radius 3 is 2.33 bits per heavy atom. The standard InChI is InChI=1S/C21H29ClN2O3/c1-5-23(6-2)11-12-24-19(15-7-9-16(22)10-8-15)18(20(26)21(24)27)17(25)13-14(3)4/h7-10,14,19,26H,5-6,11-13H2,1-4H3. The molecule has 0 saturated heterocycles. The number of benzene rings is 1. The van der Waals surface area contributed by atoms with Gasteiger partial charge in [0.1, 0.15) is 0 Å². The van der Waals surface area contributed by atoms with E-state index in [9.17, 15) is 14.7 Å². The van der Waals surface area contributed by atoms with Crippen LogP contribution in [0.4, 0.5) is 0 Å². The topological polar surface area (TPSA) is 60.9 Å². The number of Topliss-reactive ketones (excluding diaryl/α,β-unsaturated/α-hetero) is 1. The smallest absolute Gasteiger partial charge is 0.290 e. The first-order chi connectivity index (χ1) is 12.8. The highest BCUT2D eigenvalue weighted by Crippen LogP contribution is 2.38. The maximum absolute atomic E-state index is 12.8. The molecule has 27 heavy (non-hydrogen) atoms. The fraction of sp³-hybridized carbons (Fsp3) is 0.524. The highest BCUT2D eigenvalue weighted by Gasteiger charge is 2.43. The van der Waals surface area contributed by atoms with Crippen LogP contribution in [0.2, 0.25) is 5.02 Å². The van der Waals surface area contributed by atoms with Crippen LogP contribution < -0.4 is 0 Å². The predicted molar refractivity (Wildman–Crippen MR) is 108 cm³/mol. The fourth-order valence-corrected chi connectivity index (χ4v) is 3.56. The van der Waals surface area contributed by atoms with Crippen LogP contribution in [-0.4, -0.2) is 52.8 Å². The van der Waals surface area contributed by atoms with Gasteiger partial charge in [-0.05, 0) is 36.7 Å². The summed E-state index contributed by atoms with van der Waals surface area (Å²) in [5, 5.41) is 11.1. The molecule has 0 aromatic heterocycles. The minimum Gasteiger partial charge on any atom is -0.503 e. The molecule has 2 rings (SSSR count). The lowest BCUT2D eigenvalue weighted by Gasteiger charge is -2.29. The third-order valence-electron chi connectivity index (χ3n) is 4.94. The zero-order chi connectivity index (χ0) is 20.1. The average molecular weight is 393 g/mol. The van der Waals surface area contributed by atoms with Crippen molar-refractivity contribution in [2.24, 2.45) is 5.92 Å². The van der Waals surface area contributed by atoms with Crippen molar-refractivity contribution in [3.8, 4) is 0 Å². The number of aliphatic hydroxyl groups excluding tert-OH is 1. The molecular weight excluding hydrogens is 364 g/mol. The molecule has 0 fully saturated rings. The molecule has 1 aromatic rings. The van der Waals surface area contributed by atoms with Crippen LogP contribution in [0.15, 0.2) is 35.6 Å². The summed E-state index contributed by atoms with van der Waals surface area (Å²) < 4.78 is 0. The number of ketones is 1. The van der Waals surface area contributed by atoms with Gasteiger partial charge >= 0.3 is 0 Å². The van der Waals surface area contributed by atoms with Gasteiger partial charge in [0.2, 0.25) is 0 Å². The third kappa shape index (κ3) is 4.90. The summed E-state index contributed by atoms with van der Waals surface area (Å²) in [5.41, 5.74) is 0.985. The van der Waals surface area contributed by atoms with Gasteiger partial charge in [0.25, 0.3) is 5.91 Å². The van der Waals surface area contributed by atoms with Crippen LogP contribution in [0.1, 0.15) is 45.7 Å². The van der Waals surface area contributed by atoms with Crippen molar-refractivity contribution in [1.82, 2.24) is 9.80 Å². The molecule has 148 valence electrons. The summed E-state index contributed by atoms with van der Waals surface area (Å²) in [6.07, 6.45) is 0.292. The number of hydrogen-bond acceptors (Lipinski definition) is 4. The molecular formula is C21H29ClN2O3. The van der Waals surface area contributed by atoms with Crippen LogP contribution in [0, 0.1) is 5.92 Å². The monoisotopic (exact) mass is 392 g/mol. The number of halogens is 1. The summed E-state index contributed by atoms with van der Waals surface area (Å²) in [6, 6.07) is 6.53. The summed E-state index contributed by atoms with van der Waals surface area (Å²) in [4.78, 5) is 29.4. The van der Waals surface area contributed by atoms with Crippen molar-refractivity contribution >= 4 is 23.3 Å². The lowest BCUT2D eigenvalue weighted by molar-refractivity contribution is -0.129. The van der Waals surface area contributed by atoms with E-state index in [1.165, 1.54) is 0 Å². The van der Waals surface area contributed by atoms with Gasteiger partial charge in [-0.2, -0.15) is 0 Å². The lowest BCUT2D eigenvalue weighted by Crippen LogP contribution is -2.38. The Morgan fingerprint density at radius 1 is 1.22 bits per heavy atom. The highest BCUT2D eigenvalue weighted by molar-refractivity contribution is 6.30. The van der Waals surface area contributed by atoms with Gasteiger partial charge in [0, 0.05) is 24.5 Å². The van der Waals surface area contributed by atoms with Crippen molar-refractivity contribution in [1.29, 1.82) is 0 Å². The van der Waals surface area contributed by atoms with Gasteiger partial charge < -0.3 is 14.9 Å². The first kappa shape index (κ1) is 21.5. The fourth-order valence-electron chi connectivity index (χ4n) is 3.43. The Morgan fingerprint density at radius 2 is 1.81 bits per heavy atom. The van der Waals surface area contributed by atoms with Crippen LogP contribution in [0.5, 0.6) is 0 Å². The number of likely N-dealkylation sites (N-methyl/N-ethyl adjacent to an activating group) is 1. The molecule has 1 aliphatic heterocycles. The Balaban J connectivity index is 2.39. The van der Waals surface area contributed by atoms with Gasteiger partial charge in [0.15, 0.2) is 11.5 Å². The van der Waals surface area contributed by atoms with Crippen LogP contribution in [0.3, 0.4) is 0 Å². The number of carbonyl (C=O) groups is 2. The summed E-state index contributed by atoms with van der Waals surface area (Å²) in [5.74, 6) is -0.931. The number of carbonyl (C=O) groups excluding carboxylic acids is 2. The lowest BCUT2D eigenvalue weighted by atomic mass is 9.92. The van der Waals surface area contributed by atoms with Gasteiger partial charge in [-0.3, -0.25) is 9.59 Å². The molecule has 1 atom stereocenters. The molecule has 1 unspecified atom stereocenters.